The molecule has 12 aromatic rings. The van der Waals surface area contributed by atoms with Gasteiger partial charge < -0.3 is 9.15 Å². The summed E-state index contributed by atoms with van der Waals surface area (Å²) in [6, 6.07) is 82.3. The van der Waals surface area contributed by atoms with E-state index in [1.807, 2.05) is 66.7 Å². The van der Waals surface area contributed by atoms with Gasteiger partial charge in [-0.25, -0.2) is 15.0 Å². The van der Waals surface area contributed by atoms with Gasteiger partial charge in [0.25, 0.3) is 0 Å². The molecule has 0 N–H and O–H groups in total. The Hall–Kier alpha value is -9.19. The lowest BCUT2D eigenvalue weighted by Crippen LogP contribution is -2.01. The molecule has 0 fully saturated rings. The van der Waals surface area contributed by atoms with Gasteiger partial charge in [-0.2, -0.15) is 0 Å². The normalized spacial score (nSPS) is 11.6. The fourth-order valence-corrected chi connectivity index (χ4v) is 9.69. The Morgan fingerprint density at radius 1 is 0.235 bits per heavy atom. The third-order valence-electron chi connectivity index (χ3n) is 13.0. The Bertz CT molecular complexity index is 3820. The van der Waals surface area contributed by atoms with Crippen molar-refractivity contribution in [3.63, 3.8) is 0 Å². The number of fused-ring (bicyclic) bond motifs is 12. The molecule has 0 radical (unpaired) electrons. The van der Waals surface area contributed by atoms with Crippen molar-refractivity contribution in [3.8, 4) is 112 Å². The molecule has 0 spiro atoms. The maximum atomic E-state index is 7.22. The largest absolute Gasteiger partial charge is 0.456 e. The van der Waals surface area contributed by atoms with Gasteiger partial charge in [0.1, 0.15) is 22.7 Å². The minimum Gasteiger partial charge on any atom is -0.456 e. The van der Waals surface area contributed by atoms with Crippen molar-refractivity contribution in [3.05, 3.63) is 237 Å². The lowest BCUT2D eigenvalue weighted by Gasteiger charge is -2.18. The van der Waals surface area contributed by atoms with Gasteiger partial charge in [0.15, 0.2) is 17.5 Å². The van der Waals surface area contributed by atoms with Gasteiger partial charge in [-0.1, -0.05) is 188 Å². The fraction of sp³-hybridized carbons (Fsp3) is 0. The van der Waals surface area contributed by atoms with Crippen LogP contribution in [0.3, 0.4) is 0 Å². The molecule has 5 heteroatoms. The first-order valence-electron chi connectivity index (χ1n) is 22.8. The van der Waals surface area contributed by atoms with Gasteiger partial charge >= 0.3 is 0 Å². The average Bonchev–Trinajstić information content (AvgIpc) is 3.78. The Morgan fingerprint density at radius 3 is 1.34 bits per heavy atom. The molecule has 318 valence electrons. The second kappa shape index (κ2) is 16.4. The van der Waals surface area contributed by atoms with Gasteiger partial charge in [0.05, 0.1) is 0 Å². The van der Waals surface area contributed by atoms with E-state index in [-0.39, 0.29) is 0 Å². The summed E-state index contributed by atoms with van der Waals surface area (Å²) in [6.07, 6.45) is 0. The highest BCUT2D eigenvalue weighted by Gasteiger charge is 2.25. The number of aromatic nitrogens is 3. The van der Waals surface area contributed by atoms with Crippen LogP contribution in [0.5, 0.6) is 11.5 Å². The summed E-state index contributed by atoms with van der Waals surface area (Å²) < 4.78 is 13.8. The van der Waals surface area contributed by atoms with E-state index in [9.17, 15) is 0 Å². The molecule has 0 unspecified atom stereocenters. The molecular formula is C63H39N3O2. The standard InChI is InChI=1S/C63H39N3O2/c1-4-18-40(19-5-1)44-34-45(41-20-6-2-7-21-41)36-46(35-44)63-65-61(42-22-8-3-9-23-42)64-62(66-63)43-32-33-51-49-26-11-10-24-47(49)48-25-12-13-27-50(48)52-28-14-16-30-57(52)67-60-38-55-53-29-15-17-31-58(53)68-59(55)39-56(60)54(51)37-43/h1-39H. The van der Waals surface area contributed by atoms with Gasteiger partial charge in [-0.3, -0.25) is 0 Å². The molecule has 1 aliphatic rings. The molecule has 0 saturated heterocycles. The molecule has 2 aromatic heterocycles. The maximum absolute atomic E-state index is 7.22. The second-order valence-electron chi connectivity index (χ2n) is 17.1. The quantitative estimate of drug-likeness (QED) is 0.172. The average molecular weight is 870 g/mol. The molecule has 0 amide bonds. The van der Waals surface area contributed by atoms with Crippen molar-refractivity contribution in [1.29, 1.82) is 0 Å². The number of benzene rings is 10. The van der Waals surface area contributed by atoms with Crippen LogP contribution >= 0.6 is 0 Å². The number of nitrogens with zero attached hydrogens (tertiary/aromatic N) is 3. The van der Waals surface area contributed by atoms with E-state index in [1.54, 1.807) is 0 Å². The lowest BCUT2D eigenvalue weighted by atomic mass is 9.86. The van der Waals surface area contributed by atoms with Crippen molar-refractivity contribution in [2.45, 2.75) is 0 Å². The van der Waals surface area contributed by atoms with Crippen LogP contribution in [0.2, 0.25) is 0 Å². The third kappa shape index (κ3) is 6.93. The summed E-state index contributed by atoms with van der Waals surface area (Å²) in [5, 5.41) is 2.01. The Balaban J connectivity index is 1.08. The van der Waals surface area contributed by atoms with Crippen LogP contribution in [0.1, 0.15) is 0 Å². The van der Waals surface area contributed by atoms with Gasteiger partial charge in [0.2, 0.25) is 0 Å². The van der Waals surface area contributed by atoms with Crippen LogP contribution in [-0.2, 0) is 0 Å². The van der Waals surface area contributed by atoms with Crippen LogP contribution in [0.25, 0.3) is 123 Å². The van der Waals surface area contributed by atoms with Crippen molar-refractivity contribution in [2.24, 2.45) is 0 Å². The first-order valence-corrected chi connectivity index (χ1v) is 22.8. The van der Waals surface area contributed by atoms with Gasteiger partial charge in [-0.05, 0) is 104 Å². The third-order valence-corrected chi connectivity index (χ3v) is 13.0. The minimum absolute atomic E-state index is 0.550. The van der Waals surface area contributed by atoms with Crippen molar-refractivity contribution >= 4 is 21.9 Å². The van der Waals surface area contributed by atoms with Crippen molar-refractivity contribution < 1.29 is 9.15 Å². The van der Waals surface area contributed by atoms with E-state index < -0.39 is 0 Å². The van der Waals surface area contributed by atoms with Crippen LogP contribution < -0.4 is 4.74 Å². The highest BCUT2D eigenvalue weighted by Crippen LogP contribution is 2.50. The van der Waals surface area contributed by atoms with E-state index >= 15 is 0 Å². The number of ether oxygens (including phenoxy) is 1. The van der Waals surface area contributed by atoms with Crippen LogP contribution in [-0.4, -0.2) is 15.0 Å². The molecule has 68 heavy (non-hydrogen) atoms. The van der Waals surface area contributed by atoms with E-state index in [2.05, 4.69) is 170 Å². The highest BCUT2D eigenvalue weighted by molar-refractivity contribution is 6.08. The van der Waals surface area contributed by atoms with Crippen molar-refractivity contribution in [2.75, 3.05) is 0 Å². The highest BCUT2D eigenvalue weighted by atomic mass is 16.5. The van der Waals surface area contributed by atoms with Gasteiger partial charge in [-0.15, -0.1) is 0 Å². The molecule has 13 rings (SSSR count). The summed E-state index contributed by atoms with van der Waals surface area (Å²) >= 11 is 0. The summed E-state index contributed by atoms with van der Waals surface area (Å²) in [6.45, 7) is 0. The predicted molar refractivity (Wildman–Crippen MR) is 276 cm³/mol. The molecular weight excluding hydrogens is 831 g/mol. The summed E-state index contributed by atoms with van der Waals surface area (Å²) in [4.78, 5) is 15.9. The smallest absolute Gasteiger partial charge is 0.164 e. The molecule has 0 atom stereocenters. The molecule has 0 bridgehead atoms. The second-order valence-corrected chi connectivity index (χ2v) is 17.1. The summed E-state index contributed by atoms with van der Waals surface area (Å²) in [5.41, 5.74) is 16.8. The van der Waals surface area contributed by atoms with E-state index in [0.717, 1.165) is 111 Å². The number of rotatable bonds is 5. The zero-order chi connectivity index (χ0) is 45.0. The first-order chi connectivity index (χ1) is 33.7. The molecule has 0 aliphatic carbocycles. The Labute approximate surface area is 393 Å². The van der Waals surface area contributed by atoms with Crippen LogP contribution in [0, 0.1) is 0 Å². The number of hydrogen-bond acceptors (Lipinski definition) is 5. The number of hydrogen-bond donors (Lipinski definition) is 0. The van der Waals surface area contributed by atoms with E-state index in [0.29, 0.717) is 23.2 Å². The van der Waals surface area contributed by atoms with Gasteiger partial charge in [0, 0.05) is 38.6 Å². The number of furan rings is 1. The Morgan fingerprint density at radius 2 is 0.706 bits per heavy atom. The summed E-state index contributed by atoms with van der Waals surface area (Å²) in [5.74, 6) is 3.17. The zero-order valence-corrected chi connectivity index (χ0v) is 36.7. The molecule has 10 aromatic carbocycles. The van der Waals surface area contributed by atoms with Crippen LogP contribution in [0.4, 0.5) is 0 Å². The Kier molecular flexibility index (Phi) is 9.43. The van der Waals surface area contributed by atoms with Crippen LogP contribution in [0.15, 0.2) is 241 Å². The van der Waals surface area contributed by atoms with E-state index in [4.69, 9.17) is 24.1 Å². The topological polar surface area (TPSA) is 61.0 Å². The monoisotopic (exact) mass is 869 g/mol. The van der Waals surface area contributed by atoms with E-state index in [1.165, 1.54) is 0 Å². The molecule has 1 aliphatic heterocycles. The maximum Gasteiger partial charge on any atom is 0.164 e. The fourth-order valence-electron chi connectivity index (χ4n) is 9.69. The molecule has 0 saturated carbocycles. The lowest BCUT2D eigenvalue weighted by molar-refractivity contribution is 0.487. The molecule has 3 heterocycles. The zero-order valence-electron chi connectivity index (χ0n) is 36.7. The molecule has 5 nitrogen and oxygen atoms in total. The predicted octanol–water partition coefficient (Wildman–Crippen LogP) is 16.9. The minimum atomic E-state index is 0.550. The first kappa shape index (κ1) is 39.2. The number of para-hydroxylation sites is 2. The summed E-state index contributed by atoms with van der Waals surface area (Å²) in [7, 11) is 0. The van der Waals surface area contributed by atoms with Crippen molar-refractivity contribution in [1.82, 2.24) is 15.0 Å². The SMILES string of the molecule is c1ccc(-c2cc(-c3ccccc3)cc(-c3nc(-c4ccccc4)nc(-c4ccc5c(c4)-c4cc6oc7ccccc7c6cc4Oc4ccccc4-c4ccccc4-c4ccccc4-5)n3)c2)cc1.